The average molecular weight is 361 g/mol. The second-order valence-electron chi connectivity index (χ2n) is 6.80. The van der Waals surface area contributed by atoms with Crippen LogP contribution in [-0.2, 0) is 6.42 Å². The lowest BCUT2D eigenvalue weighted by Gasteiger charge is -2.24. The van der Waals surface area contributed by atoms with Crippen LogP contribution in [0.1, 0.15) is 37.6 Å². The number of phenols is 1. The van der Waals surface area contributed by atoms with E-state index in [4.69, 9.17) is 14.8 Å². The molecule has 0 amide bonds. The number of benzene rings is 2. The summed E-state index contributed by atoms with van der Waals surface area (Å²) in [7, 11) is 1.67. The molecule has 1 aromatic heterocycles. The van der Waals surface area contributed by atoms with Crippen LogP contribution in [0.2, 0.25) is 0 Å². The van der Waals surface area contributed by atoms with Gasteiger partial charge in [-0.2, -0.15) is 5.10 Å². The normalized spacial score (nSPS) is 16.0. The molecule has 0 saturated heterocycles. The molecule has 0 saturated carbocycles. The molecule has 4 rings (SSSR count). The Labute approximate surface area is 159 Å². The van der Waals surface area contributed by atoms with Gasteiger partial charge in [-0.3, -0.25) is 0 Å². The number of para-hydroxylation sites is 1. The lowest BCUT2D eigenvalue weighted by Crippen LogP contribution is -2.19. The van der Waals surface area contributed by atoms with Crippen LogP contribution in [0, 0.1) is 0 Å². The molecular formula is C22H23N3O2. The van der Waals surface area contributed by atoms with Crippen molar-refractivity contribution >= 4 is 11.5 Å². The Bertz CT molecular complexity index is 1000. The molecule has 2 aromatic carbocycles. The van der Waals surface area contributed by atoms with Gasteiger partial charge >= 0.3 is 0 Å². The number of hydrogen-bond donors (Lipinski definition) is 1. The highest BCUT2D eigenvalue weighted by molar-refractivity contribution is 5.90. The molecule has 0 bridgehead atoms. The molecule has 1 aliphatic rings. The quantitative estimate of drug-likeness (QED) is 0.718. The molecule has 0 spiro atoms. The van der Waals surface area contributed by atoms with Crippen LogP contribution in [-0.4, -0.2) is 27.7 Å². The molecule has 0 fully saturated rings. The Hall–Kier alpha value is -3.08. The summed E-state index contributed by atoms with van der Waals surface area (Å²) in [6, 6.07) is 15.4. The minimum Gasteiger partial charge on any atom is -0.508 e. The van der Waals surface area contributed by atoms with Gasteiger partial charge in [-0.15, -0.1) is 0 Å². The molecule has 0 aliphatic carbocycles. The van der Waals surface area contributed by atoms with E-state index in [-0.39, 0.29) is 6.04 Å². The first-order chi connectivity index (χ1) is 13.1. The van der Waals surface area contributed by atoms with Crippen LogP contribution in [0.3, 0.4) is 0 Å². The molecule has 1 aliphatic heterocycles. The van der Waals surface area contributed by atoms with Crippen LogP contribution >= 0.6 is 0 Å². The fourth-order valence-electron chi connectivity index (χ4n) is 3.70. The zero-order valence-corrected chi connectivity index (χ0v) is 15.8. The number of rotatable bonds is 4. The fraction of sp³-hybridized carbons (Fsp3) is 0.273. The first-order valence-electron chi connectivity index (χ1n) is 9.20. The summed E-state index contributed by atoms with van der Waals surface area (Å²) in [5, 5.41) is 15.3. The Morgan fingerprint density at radius 3 is 2.56 bits per heavy atom. The lowest BCUT2D eigenvalue weighted by molar-refractivity contribution is 0.415. The number of methoxy groups -OCH3 is 1. The number of aryl methyl sites for hydroxylation is 1. The SMILES string of the molecule is CCc1nn2c(c1-c1ccc(OC)cc1)N=C(C)C[C@@H]2c1ccccc1O. The number of nitrogens with zero attached hydrogens (tertiary/aromatic N) is 3. The molecule has 0 unspecified atom stereocenters. The molecule has 138 valence electrons. The Morgan fingerprint density at radius 1 is 1.15 bits per heavy atom. The minimum absolute atomic E-state index is 0.0593. The third-order valence-electron chi connectivity index (χ3n) is 5.05. The smallest absolute Gasteiger partial charge is 0.159 e. The number of hydrogen-bond acceptors (Lipinski definition) is 4. The van der Waals surface area contributed by atoms with E-state index < -0.39 is 0 Å². The van der Waals surface area contributed by atoms with Crippen molar-refractivity contribution in [3.8, 4) is 22.6 Å². The van der Waals surface area contributed by atoms with Gasteiger partial charge in [0.15, 0.2) is 5.82 Å². The number of ether oxygens (including phenoxy) is 1. The third-order valence-corrected chi connectivity index (χ3v) is 5.05. The summed E-state index contributed by atoms with van der Waals surface area (Å²) in [4.78, 5) is 4.84. The van der Waals surface area contributed by atoms with E-state index in [1.165, 1.54) is 0 Å². The van der Waals surface area contributed by atoms with Crippen LogP contribution in [0.25, 0.3) is 11.1 Å². The molecule has 3 aromatic rings. The average Bonchev–Trinajstić information content (AvgIpc) is 3.06. The Morgan fingerprint density at radius 2 is 1.89 bits per heavy atom. The minimum atomic E-state index is -0.0593. The van der Waals surface area contributed by atoms with E-state index >= 15 is 0 Å². The van der Waals surface area contributed by atoms with Crippen molar-refractivity contribution in [2.75, 3.05) is 7.11 Å². The highest BCUT2D eigenvalue weighted by Gasteiger charge is 2.29. The zero-order chi connectivity index (χ0) is 19.0. The van der Waals surface area contributed by atoms with Gasteiger partial charge in [0.25, 0.3) is 0 Å². The van der Waals surface area contributed by atoms with Gasteiger partial charge in [0.05, 0.1) is 18.8 Å². The largest absolute Gasteiger partial charge is 0.508 e. The van der Waals surface area contributed by atoms with Gasteiger partial charge in [0, 0.05) is 23.3 Å². The summed E-state index contributed by atoms with van der Waals surface area (Å²) in [6.07, 6.45) is 1.54. The maximum atomic E-state index is 10.4. The fourth-order valence-corrected chi connectivity index (χ4v) is 3.70. The monoisotopic (exact) mass is 361 g/mol. The second-order valence-corrected chi connectivity index (χ2v) is 6.80. The molecule has 27 heavy (non-hydrogen) atoms. The lowest BCUT2D eigenvalue weighted by atomic mass is 9.98. The van der Waals surface area contributed by atoms with Crippen molar-refractivity contribution in [2.24, 2.45) is 4.99 Å². The van der Waals surface area contributed by atoms with E-state index in [1.807, 2.05) is 54.1 Å². The maximum absolute atomic E-state index is 10.4. The number of aromatic nitrogens is 2. The predicted octanol–water partition coefficient (Wildman–Crippen LogP) is 4.91. The highest BCUT2D eigenvalue weighted by Crippen LogP contribution is 2.42. The van der Waals surface area contributed by atoms with Crippen LogP contribution in [0.5, 0.6) is 11.5 Å². The second kappa shape index (κ2) is 6.91. The van der Waals surface area contributed by atoms with Crippen molar-refractivity contribution in [3.63, 3.8) is 0 Å². The molecule has 1 N–H and O–H groups in total. The van der Waals surface area contributed by atoms with E-state index in [0.717, 1.165) is 52.5 Å². The Kier molecular flexibility index (Phi) is 4.44. The predicted molar refractivity (Wildman–Crippen MR) is 107 cm³/mol. The van der Waals surface area contributed by atoms with Gasteiger partial charge in [-0.05, 0) is 37.1 Å². The van der Waals surface area contributed by atoms with Crippen molar-refractivity contribution < 1.29 is 9.84 Å². The van der Waals surface area contributed by atoms with Crippen LogP contribution < -0.4 is 4.74 Å². The molecule has 5 heteroatoms. The maximum Gasteiger partial charge on any atom is 0.159 e. The highest BCUT2D eigenvalue weighted by atomic mass is 16.5. The number of aromatic hydroxyl groups is 1. The van der Waals surface area contributed by atoms with Crippen LogP contribution in [0.4, 0.5) is 5.82 Å². The van der Waals surface area contributed by atoms with E-state index in [9.17, 15) is 5.11 Å². The summed E-state index contributed by atoms with van der Waals surface area (Å²) in [5.74, 6) is 1.97. The van der Waals surface area contributed by atoms with Crippen molar-refractivity contribution in [2.45, 2.75) is 32.7 Å². The van der Waals surface area contributed by atoms with E-state index in [0.29, 0.717) is 5.75 Å². The first-order valence-corrected chi connectivity index (χ1v) is 9.20. The van der Waals surface area contributed by atoms with Gasteiger partial charge in [-0.1, -0.05) is 37.3 Å². The zero-order valence-electron chi connectivity index (χ0n) is 15.8. The molecule has 2 heterocycles. The molecule has 5 nitrogen and oxygen atoms in total. The topological polar surface area (TPSA) is 59.6 Å². The molecular weight excluding hydrogens is 338 g/mol. The number of aliphatic imine (C=N–C) groups is 1. The van der Waals surface area contributed by atoms with Crippen molar-refractivity contribution in [3.05, 3.63) is 59.8 Å². The van der Waals surface area contributed by atoms with Crippen LogP contribution in [0.15, 0.2) is 53.5 Å². The number of phenolic OH excluding ortho intramolecular Hbond substituents is 1. The van der Waals surface area contributed by atoms with Gasteiger partial charge < -0.3 is 9.84 Å². The summed E-state index contributed by atoms with van der Waals surface area (Å²) in [5.41, 5.74) is 5.05. The van der Waals surface area contributed by atoms with E-state index in [2.05, 4.69) is 6.92 Å². The van der Waals surface area contributed by atoms with Gasteiger partial charge in [0.2, 0.25) is 0 Å². The van der Waals surface area contributed by atoms with Gasteiger partial charge in [0.1, 0.15) is 11.5 Å². The number of fused-ring (bicyclic) bond motifs is 1. The summed E-state index contributed by atoms with van der Waals surface area (Å²) < 4.78 is 7.26. The standard InChI is InChI=1S/C22H23N3O2/c1-4-18-21(15-9-11-16(27-3)12-10-15)22-23-14(2)13-19(25(22)24-18)17-7-5-6-8-20(17)26/h5-12,19,26H,4,13H2,1-3H3/t19-/m1/s1. The summed E-state index contributed by atoms with van der Waals surface area (Å²) in [6.45, 7) is 4.14. The van der Waals surface area contributed by atoms with E-state index in [1.54, 1.807) is 13.2 Å². The van der Waals surface area contributed by atoms with Crippen molar-refractivity contribution in [1.29, 1.82) is 0 Å². The Balaban J connectivity index is 1.90. The third kappa shape index (κ3) is 2.99. The molecule has 0 radical (unpaired) electrons. The molecule has 1 atom stereocenters. The summed E-state index contributed by atoms with van der Waals surface area (Å²) >= 11 is 0. The first kappa shape index (κ1) is 17.3. The van der Waals surface area contributed by atoms with Gasteiger partial charge in [-0.25, -0.2) is 9.67 Å². The van der Waals surface area contributed by atoms with Crippen molar-refractivity contribution in [1.82, 2.24) is 9.78 Å².